The molecule has 12 aromatic carbocycles. The predicted molar refractivity (Wildman–Crippen MR) is 461 cm³/mol. The molecule has 0 atom stereocenters. The Labute approximate surface area is 653 Å². The molecule has 0 N–H and O–H groups in total. The largest absolute Gasteiger partial charge is 0.456 e. The molecule has 0 radical (unpaired) electrons. The second-order valence-corrected chi connectivity index (χ2v) is 29.4. The number of aromatic nitrogens is 14. The Morgan fingerprint density at radius 3 is 0.939 bits per heavy atom. The fourth-order valence-corrected chi connectivity index (χ4v) is 17.8. The highest BCUT2D eigenvalue weighted by Crippen LogP contribution is 2.44. The van der Waals surface area contributed by atoms with Crippen LogP contribution in [0.15, 0.2) is 357 Å². The van der Waals surface area contributed by atoms with E-state index in [2.05, 4.69) is 281 Å². The first-order chi connectivity index (χ1) is 56.5. The minimum Gasteiger partial charge on any atom is -0.456 e. The molecule has 0 bridgehead atoms. The predicted octanol–water partition coefficient (Wildman–Crippen LogP) is 24.0. The van der Waals surface area contributed by atoms with E-state index >= 15 is 0 Å². The van der Waals surface area contributed by atoms with Gasteiger partial charge in [0, 0.05) is 110 Å². The molecule has 12 aromatic heterocycles. The van der Waals surface area contributed by atoms with Gasteiger partial charge in [0.2, 0.25) is 11.9 Å². The molecule has 0 amide bonds. The molecule has 114 heavy (non-hydrogen) atoms. The minimum absolute atomic E-state index is 0.481. The molecular formula is C98H58N14OS. The summed E-state index contributed by atoms with van der Waals surface area (Å²) in [7, 11) is 0. The lowest BCUT2D eigenvalue weighted by atomic mass is 10.0. The van der Waals surface area contributed by atoms with Crippen LogP contribution in [0.3, 0.4) is 0 Å². The summed E-state index contributed by atoms with van der Waals surface area (Å²) >= 11 is 1.85. The lowest BCUT2D eigenvalue weighted by Crippen LogP contribution is -2.07. The van der Waals surface area contributed by atoms with Crippen molar-refractivity contribution in [3.8, 4) is 91.6 Å². The molecule has 24 aromatic rings. The molecule has 532 valence electrons. The van der Waals surface area contributed by atoms with Crippen molar-refractivity contribution in [1.29, 1.82) is 0 Å². The highest BCUT2D eigenvalue weighted by atomic mass is 32.1. The van der Waals surface area contributed by atoms with Crippen LogP contribution in [0, 0.1) is 0 Å². The van der Waals surface area contributed by atoms with Crippen LogP contribution >= 0.6 is 11.3 Å². The third-order valence-corrected chi connectivity index (χ3v) is 23.0. The number of para-hydroxylation sites is 5. The van der Waals surface area contributed by atoms with Crippen molar-refractivity contribution in [1.82, 2.24) is 68.1 Å². The Kier molecular flexibility index (Phi) is 14.8. The Morgan fingerprint density at radius 1 is 0.211 bits per heavy atom. The molecule has 0 aliphatic heterocycles. The van der Waals surface area contributed by atoms with Crippen LogP contribution in [-0.4, -0.2) is 68.1 Å². The minimum atomic E-state index is 0.481. The van der Waals surface area contributed by atoms with Gasteiger partial charge in [-0.1, -0.05) is 158 Å². The van der Waals surface area contributed by atoms with Crippen molar-refractivity contribution in [2.45, 2.75) is 0 Å². The van der Waals surface area contributed by atoms with Crippen LogP contribution in [0.5, 0.6) is 0 Å². The second kappa shape index (κ2) is 26.1. The Morgan fingerprint density at radius 2 is 0.526 bits per heavy atom. The summed E-state index contributed by atoms with van der Waals surface area (Å²) in [5.41, 5.74) is 19.9. The number of benzene rings is 12. The van der Waals surface area contributed by atoms with Gasteiger partial charge in [0.1, 0.15) is 33.9 Å². The van der Waals surface area contributed by atoms with E-state index in [-0.39, 0.29) is 0 Å². The van der Waals surface area contributed by atoms with Crippen molar-refractivity contribution >= 4 is 141 Å². The quantitative estimate of drug-likeness (QED) is 0.128. The topological polar surface area (TPSA) is 162 Å². The van der Waals surface area contributed by atoms with Gasteiger partial charge in [-0.25, -0.2) is 9.97 Å². The number of fused-ring (bicyclic) bond motifs is 18. The standard InChI is InChI=1S/C49H29N7O.C49H29N7S/c2*1-4-16-41-33(11-1)36-27-30(19-22-43(36)55(41)32-21-24-46-38(29-32)35-13-3-6-18-45(35)57-46)31-20-23-44-37(28-31)34-12-2-5-17-42(34)56(44)49-53-47(39-14-7-9-25-50-39)52-48(54-49)40-15-8-10-26-51-40/h2*1-29H. The SMILES string of the molecule is c1ccc(-c2nc(-c3ccccn3)nc(-n3c4ccccc4c4cc(-c5ccc6c(c5)c5ccccc5n6-c5ccc6oc7ccccc7c6c5)ccc43)n2)nc1.c1ccc(-c2nc(-c3ccccn3)nc(-n3c4ccccc4c4cc(-c5ccc6c(c5)c5ccccc5n6-c5ccc6sc7ccccc7c6c5)ccc43)n2)nc1. The van der Waals surface area contributed by atoms with Gasteiger partial charge >= 0.3 is 0 Å². The zero-order valence-corrected chi connectivity index (χ0v) is 61.4. The number of rotatable bonds is 10. The summed E-state index contributed by atoms with van der Waals surface area (Å²) in [4.78, 5) is 48.0. The van der Waals surface area contributed by atoms with Crippen molar-refractivity contribution in [2.75, 3.05) is 0 Å². The van der Waals surface area contributed by atoms with Gasteiger partial charge in [-0.3, -0.25) is 29.1 Å². The summed E-state index contributed by atoms with van der Waals surface area (Å²) in [6.07, 6.45) is 7.00. The maximum Gasteiger partial charge on any atom is 0.238 e. The molecule has 0 saturated heterocycles. The molecule has 15 nitrogen and oxygen atoms in total. The van der Waals surface area contributed by atoms with Crippen LogP contribution in [0.1, 0.15) is 0 Å². The van der Waals surface area contributed by atoms with Crippen molar-refractivity contribution in [3.63, 3.8) is 0 Å². The monoisotopic (exact) mass is 1480 g/mol. The third-order valence-electron chi connectivity index (χ3n) is 21.8. The number of pyridine rings is 4. The Bertz CT molecular complexity index is 7420. The van der Waals surface area contributed by atoms with Crippen molar-refractivity contribution in [3.05, 3.63) is 352 Å². The first-order valence-corrected chi connectivity index (χ1v) is 38.5. The van der Waals surface area contributed by atoms with E-state index in [1.807, 2.05) is 96.3 Å². The van der Waals surface area contributed by atoms with E-state index < -0.39 is 0 Å². The van der Waals surface area contributed by atoms with Crippen LogP contribution in [0.4, 0.5) is 0 Å². The van der Waals surface area contributed by atoms with Gasteiger partial charge in [0.05, 0.1) is 44.1 Å². The normalized spacial score (nSPS) is 11.9. The van der Waals surface area contributed by atoms with E-state index in [0.29, 0.717) is 58.0 Å². The number of hydrogen-bond acceptors (Lipinski definition) is 12. The first-order valence-electron chi connectivity index (χ1n) is 37.7. The zero-order chi connectivity index (χ0) is 74.9. The Hall–Kier alpha value is -15.5. The van der Waals surface area contributed by atoms with Crippen LogP contribution in [0.2, 0.25) is 0 Å². The van der Waals surface area contributed by atoms with E-state index in [0.717, 1.165) is 110 Å². The van der Waals surface area contributed by atoms with Crippen LogP contribution in [0.25, 0.3) is 221 Å². The molecule has 12 heterocycles. The molecular weight excluding hydrogens is 1420 g/mol. The second-order valence-electron chi connectivity index (χ2n) is 28.3. The Balaban J connectivity index is 0.000000135. The molecule has 0 spiro atoms. The van der Waals surface area contributed by atoms with Gasteiger partial charge in [-0.15, -0.1) is 11.3 Å². The average molecular weight is 1480 g/mol. The maximum absolute atomic E-state index is 6.17. The molecule has 0 unspecified atom stereocenters. The van der Waals surface area contributed by atoms with Crippen LogP contribution in [-0.2, 0) is 0 Å². The smallest absolute Gasteiger partial charge is 0.238 e. The summed E-state index contributed by atoms with van der Waals surface area (Å²) in [6, 6.07) is 114. The van der Waals surface area contributed by atoms with Crippen molar-refractivity contribution in [2.24, 2.45) is 0 Å². The summed E-state index contributed by atoms with van der Waals surface area (Å²) < 4.78 is 17.8. The summed E-state index contributed by atoms with van der Waals surface area (Å²) in [5.74, 6) is 2.94. The number of nitrogens with zero attached hydrogens (tertiary/aromatic N) is 14. The highest BCUT2D eigenvalue weighted by Gasteiger charge is 2.24. The molecule has 16 heteroatoms. The molecule has 0 aliphatic carbocycles. The molecule has 0 fully saturated rings. The lowest BCUT2D eigenvalue weighted by Gasteiger charge is -2.10. The lowest BCUT2D eigenvalue weighted by molar-refractivity contribution is 0.669. The van der Waals surface area contributed by atoms with Gasteiger partial charge in [0.25, 0.3) is 0 Å². The average Bonchev–Trinajstić information content (AvgIpc) is 1.59. The van der Waals surface area contributed by atoms with E-state index in [1.165, 1.54) is 52.8 Å². The number of thiophene rings is 1. The molecule has 0 aliphatic rings. The van der Waals surface area contributed by atoms with E-state index in [9.17, 15) is 0 Å². The van der Waals surface area contributed by atoms with E-state index in [4.69, 9.17) is 34.3 Å². The maximum atomic E-state index is 6.17. The summed E-state index contributed by atoms with van der Waals surface area (Å²) in [5, 5.41) is 14.1. The van der Waals surface area contributed by atoms with Gasteiger partial charge in [-0.2, -0.15) is 19.9 Å². The number of hydrogen-bond donors (Lipinski definition) is 0. The fourth-order valence-electron chi connectivity index (χ4n) is 16.7. The molecule has 24 rings (SSSR count). The van der Waals surface area contributed by atoms with Crippen LogP contribution < -0.4 is 0 Å². The van der Waals surface area contributed by atoms with Gasteiger partial charge < -0.3 is 13.6 Å². The van der Waals surface area contributed by atoms with Gasteiger partial charge in [-0.05, 0) is 192 Å². The third kappa shape index (κ3) is 10.6. The highest BCUT2D eigenvalue weighted by molar-refractivity contribution is 7.25. The number of furan rings is 1. The van der Waals surface area contributed by atoms with E-state index in [1.54, 1.807) is 24.8 Å². The first kappa shape index (κ1) is 64.5. The summed E-state index contributed by atoms with van der Waals surface area (Å²) in [6.45, 7) is 0. The van der Waals surface area contributed by atoms with Gasteiger partial charge in [0.15, 0.2) is 23.3 Å². The molecule has 0 saturated carbocycles. The fraction of sp³-hybridized carbons (Fsp3) is 0. The zero-order valence-electron chi connectivity index (χ0n) is 60.6. The van der Waals surface area contributed by atoms with Crippen molar-refractivity contribution < 1.29 is 4.42 Å².